The lowest BCUT2D eigenvalue weighted by molar-refractivity contribution is -0.270. The molecule has 0 aliphatic carbocycles. The summed E-state index contributed by atoms with van der Waals surface area (Å²) in [6.07, 6.45) is -7.01. The zero-order valence-corrected chi connectivity index (χ0v) is 24.0. The first-order valence-corrected chi connectivity index (χ1v) is 13.0. The molecule has 0 aliphatic heterocycles. The molecular weight excluding hydrogens is 582 g/mol. The zero-order chi connectivity index (χ0) is 31.5. The highest BCUT2D eigenvalue weighted by Crippen LogP contribution is 2.44. The summed E-state index contributed by atoms with van der Waals surface area (Å²) in [6, 6.07) is 10.1. The number of carbonyl (C=O) groups excluding carboxylic acids is 2. The zero-order valence-electron chi connectivity index (χ0n) is 23.2. The number of methoxy groups -OCH3 is 1. The fourth-order valence-corrected chi connectivity index (χ4v) is 4.19. The quantitative estimate of drug-likeness (QED) is 0.188. The number of hydrogen-bond acceptors (Lipinski definition) is 7. The van der Waals surface area contributed by atoms with Crippen LogP contribution in [0.2, 0.25) is 5.02 Å². The minimum absolute atomic E-state index is 0.0116. The molecule has 8 nitrogen and oxygen atoms in total. The van der Waals surface area contributed by atoms with Crippen molar-refractivity contribution in [2.75, 3.05) is 20.8 Å². The molecule has 4 N–H and O–H groups in total. The summed E-state index contributed by atoms with van der Waals surface area (Å²) in [5, 5.41) is 13.9. The van der Waals surface area contributed by atoms with Crippen LogP contribution in [-0.4, -0.2) is 48.7 Å². The Balaban J connectivity index is 2.03. The van der Waals surface area contributed by atoms with Gasteiger partial charge in [-0.05, 0) is 81.4 Å². The molecule has 1 heterocycles. The standard InChI is InChI=1S/C29H30ClF4N3O5/c1-27(2,36-3)18-13-21(16-5-7-20(31)19(30)11-16)37-25(14-18)28(40,29(32,33)34)10-9-22(38)17-6-8-23(24(12-17)41-4)42-15-26(35)39/h5-8,11-14,36,40H,9-10,15H2,1-4H3,(H2,35,39). The third-order valence-corrected chi connectivity index (χ3v) is 7.14. The van der Waals surface area contributed by atoms with Crippen molar-refractivity contribution in [3.05, 3.63) is 76.2 Å². The summed E-state index contributed by atoms with van der Waals surface area (Å²) in [4.78, 5) is 28.1. The maximum absolute atomic E-state index is 14.6. The van der Waals surface area contributed by atoms with E-state index in [9.17, 15) is 32.3 Å². The van der Waals surface area contributed by atoms with Gasteiger partial charge in [-0.15, -0.1) is 0 Å². The molecule has 0 saturated heterocycles. The smallest absolute Gasteiger partial charge is 0.422 e. The lowest BCUT2D eigenvalue weighted by Crippen LogP contribution is -2.44. The minimum Gasteiger partial charge on any atom is -0.493 e. The van der Waals surface area contributed by atoms with Gasteiger partial charge in [-0.2, -0.15) is 13.2 Å². The first kappa shape index (κ1) is 32.8. The number of ether oxygens (including phenoxy) is 2. The topological polar surface area (TPSA) is 124 Å². The van der Waals surface area contributed by atoms with E-state index in [4.69, 9.17) is 26.8 Å². The summed E-state index contributed by atoms with van der Waals surface area (Å²) < 4.78 is 67.9. The van der Waals surface area contributed by atoms with Gasteiger partial charge in [0.05, 0.1) is 23.5 Å². The van der Waals surface area contributed by atoms with E-state index in [1.165, 1.54) is 43.5 Å². The normalized spacial score (nSPS) is 13.4. The molecule has 2 aromatic carbocycles. The highest BCUT2D eigenvalue weighted by atomic mass is 35.5. The fraction of sp³-hybridized carbons (Fsp3) is 0.345. The number of rotatable bonds is 12. The number of nitrogens with one attached hydrogen (secondary N) is 1. The van der Waals surface area contributed by atoms with Gasteiger partial charge in [0.2, 0.25) is 5.60 Å². The maximum atomic E-state index is 14.6. The van der Waals surface area contributed by atoms with Crippen LogP contribution in [0.3, 0.4) is 0 Å². The van der Waals surface area contributed by atoms with Crippen molar-refractivity contribution < 1.29 is 41.7 Å². The molecule has 0 aliphatic rings. The van der Waals surface area contributed by atoms with Crippen molar-refractivity contribution in [2.45, 2.75) is 44.0 Å². The minimum atomic E-state index is -5.23. The molecule has 1 unspecified atom stereocenters. The van der Waals surface area contributed by atoms with Gasteiger partial charge in [-0.25, -0.2) is 9.37 Å². The van der Waals surface area contributed by atoms with Gasteiger partial charge in [0.1, 0.15) is 5.82 Å². The van der Waals surface area contributed by atoms with Crippen molar-refractivity contribution in [2.24, 2.45) is 5.73 Å². The van der Waals surface area contributed by atoms with Gasteiger partial charge in [0.25, 0.3) is 5.91 Å². The molecule has 13 heteroatoms. The molecule has 0 radical (unpaired) electrons. The second kappa shape index (κ2) is 12.6. The van der Waals surface area contributed by atoms with Crippen LogP contribution in [0, 0.1) is 5.82 Å². The van der Waals surface area contributed by atoms with Crippen molar-refractivity contribution >= 4 is 23.3 Å². The second-order valence-electron chi connectivity index (χ2n) is 10.0. The number of aliphatic hydroxyl groups is 1. The van der Waals surface area contributed by atoms with Gasteiger partial charge >= 0.3 is 6.18 Å². The van der Waals surface area contributed by atoms with Gasteiger partial charge in [0, 0.05) is 23.1 Å². The van der Waals surface area contributed by atoms with Gasteiger partial charge in [-0.3, -0.25) is 9.59 Å². The first-order chi connectivity index (χ1) is 19.5. The van der Waals surface area contributed by atoms with Crippen LogP contribution in [0.15, 0.2) is 48.5 Å². The Morgan fingerprint density at radius 2 is 1.76 bits per heavy atom. The van der Waals surface area contributed by atoms with Crippen LogP contribution < -0.4 is 20.5 Å². The number of carbonyl (C=O) groups is 2. The molecule has 0 spiro atoms. The number of amides is 1. The first-order valence-electron chi connectivity index (χ1n) is 12.6. The Kier molecular flexibility index (Phi) is 9.86. The molecule has 42 heavy (non-hydrogen) atoms. The highest BCUT2D eigenvalue weighted by Gasteiger charge is 2.56. The van der Waals surface area contributed by atoms with E-state index in [0.717, 1.165) is 12.1 Å². The number of nitrogens with zero attached hydrogens (tertiary/aromatic N) is 1. The van der Waals surface area contributed by atoms with Gasteiger partial charge in [0.15, 0.2) is 23.9 Å². The lowest BCUT2D eigenvalue weighted by Gasteiger charge is -2.32. The Labute approximate surface area is 244 Å². The number of halogens is 5. The number of nitrogens with two attached hydrogens (primary N) is 1. The van der Waals surface area contributed by atoms with Crippen LogP contribution in [-0.2, 0) is 15.9 Å². The summed E-state index contributed by atoms with van der Waals surface area (Å²) in [5.74, 6) is -2.04. The van der Waals surface area contributed by atoms with Crippen LogP contribution in [0.25, 0.3) is 11.3 Å². The largest absolute Gasteiger partial charge is 0.493 e. The Hall–Kier alpha value is -3.74. The van der Waals surface area contributed by atoms with E-state index < -0.39 is 60.0 Å². The average Bonchev–Trinajstić information content (AvgIpc) is 2.94. The number of aromatic nitrogens is 1. The van der Waals surface area contributed by atoms with Crippen LogP contribution in [0.1, 0.15) is 48.3 Å². The predicted molar refractivity (Wildman–Crippen MR) is 148 cm³/mol. The number of pyridine rings is 1. The Morgan fingerprint density at radius 1 is 1.07 bits per heavy atom. The maximum Gasteiger partial charge on any atom is 0.422 e. The summed E-state index contributed by atoms with van der Waals surface area (Å²) in [7, 11) is 2.89. The van der Waals surface area contributed by atoms with E-state index in [-0.39, 0.29) is 33.3 Å². The Bertz CT molecular complexity index is 1480. The van der Waals surface area contributed by atoms with Crippen LogP contribution in [0.4, 0.5) is 17.6 Å². The number of benzene rings is 2. The third-order valence-electron chi connectivity index (χ3n) is 6.85. The molecule has 1 aromatic heterocycles. The van der Waals surface area contributed by atoms with E-state index in [1.807, 2.05) is 0 Å². The number of alkyl halides is 3. The summed E-state index contributed by atoms with van der Waals surface area (Å²) in [6.45, 7) is 2.98. The van der Waals surface area contributed by atoms with E-state index in [2.05, 4.69) is 10.3 Å². The highest BCUT2D eigenvalue weighted by molar-refractivity contribution is 6.31. The SMILES string of the molecule is CNC(C)(C)c1cc(-c2ccc(F)c(Cl)c2)nc(C(O)(CCC(=O)c2ccc(OCC(N)=O)c(OC)c2)C(F)(F)F)c1. The monoisotopic (exact) mass is 611 g/mol. The molecule has 0 fully saturated rings. The lowest BCUT2D eigenvalue weighted by atomic mass is 9.86. The van der Waals surface area contributed by atoms with E-state index in [0.29, 0.717) is 5.56 Å². The van der Waals surface area contributed by atoms with Crippen molar-refractivity contribution in [3.63, 3.8) is 0 Å². The molecule has 0 saturated carbocycles. The fourth-order valence-electron chi connectivity index (χ4n) is 4.01. The second-order valence-corrected chi connectivity index (χ2v) is 10.4. The summed E-state index contributed by atoms with van der Waals surface area (Å²) >= 11 is 5.91. The molecule has 1 atom stereocenters. The van der Waals surface area contributed by atoms with E-state index >= 15 is 0 Å². The number of Topliss-reactive ketones (excluding diaryl/α,β-unsaturated/α-hetero) is 1. The molecule has 1 amide bonds. The number of hydrogen-bond donors (Lipinski definition) is 3. The number of ketones is 1. The van der Waals surface area contributed by atoms with Crippen molar-refractivity contribution in [1.82, 2.24) is 10.3 Å². The van der Waals surface area contributed by atoms with Crippen molar-refractivity contribution in [3.8, 4) is 22.8 Å². The predicted octanol–water partition coefficient (Wildman–Crippen LogP) is 5.28. The van der Waals surface area contributed by atoms with Gasteiger partial charge < -0.3 is 25.6 Å². The van der Waals surface area contributed by atoms with Gasteiger partial charge in [-0.1, -0.05) is 11.6 Å². The summed E-state index contributed by atoms with van der Waals surface area (Å²) in [5.41, 5.74) is 0.490. The molecule has 3 aromatic rings. The van der Waals surface area contributed by atoms with E-state index in [1.54, 1.807) is 20.9 Å². The Morgan fingerprint density at radius 3 is 2.33 bits per heavy atom. The third kappa shape index (κ3) is 7.18. The average molecular weight is 612 g/mol. The van der Waals surface area contributed by atoms with Crippen LogP contribution >= 0.6 is 11.6 Å². The molecule has 3 rings (SSSR count). The molecular formula is C29H30ClF4N3O5. The number of primary amides is 1. The van der Waals surface area contributed by atoms with Crippen LogP contribution in [0.5, 0.6) is 11.5 Å². The molecule has 0 bridgehead atoms. The van der Waals surface area contributed by atoms with Crippen molar-refractivity contribution in [1.29, 1.82) is 0 Å². The molecule has 226 valence electrons.